The number of rotatable bonds is 4. The monoisotopic (exact) mass is 315 g/mol. The largest absolute Gasteiger partial charge is 0.445 e. The van der Waals surface area contributed by atoms with Crippen LogP contribution < -0.4 is 9.30 Å². The van der Waals surface area contributed by atoms with Crippen molar-refractivity contribution in [3.63, 3.8) is 0 Å². The molecular weight excluding hydrogens is 294 g/mol. The van der Waals surface area contributed by atoms with E-state index < -0.39 is 8.24 Å². The van der Waals surface area contributed by atoms with Gasteiger partial charge in [0.2, 0.25) is 0 Å². The molecule has 2 aromatic rings. The summed E-state index contributed by atoms with van der Waals surface area (Å²) in [5.74, 6) is 0.770. The van der Waals surface area contributed by atoms with Gasteiger partial charge in [-0.15, -0.1) is 0 Å². The van der Waals surface area contributed by atoms with Gasteiger partial charge in [-0.1, -0.05) is 50.0 Å². The van der Waals surface area contributed by atoms with Gasteiger partial charge in [0.1, 0.15) is 14.0 Å². The van der Waals surface area contributed by atoms with E-state index in [-0.39, 0.29) is 0 Å². The number of thiocarbonyl (C=S) groups is 1. The Bertz CT molecular complexity index is 622. The van der Waals surface area contributed by atoms with Crippen molar-refractivity contribution in [1.29, 1.82) is 0 Å². The molecule has 0 atom stereocenters. The predicted molar refractivity (Wildman–Crippen MR) is 97.0 cm³/mol. The molecule has 0 aliphatic carbocycles. The van der Waals surface area contributed by atoms with Crippen molar-refractivity contribution in [3.8, 4) is 5.75 Å². The zero-order valence-corrected chi connectivity index (χ0v) is 14.8. The lowest BCUT2D eigenvalue weighted by Crippen LogP contribution is -2.43. The number of ether oxygens (including phenoxy) is 1. The molecule has 0 amide bonds. The lowest BCUT2D eigenvalue weighted by atomic mass is 10.2. The standard InChI is InChI=1S/C17H21NOSSi/c1-18(21(2,3)4)15-10-8-9-14(13-15)17(20)19-16-11-6-5-7-12-16/h5-13H,1-4H3. The average molecular weight is 316 g/mol. The van der Waals surface area contributed by atoms with Crippen LogP contribution in [0.3, 0.4) is 0 Å². The van der Waals surface area contributed by atoms with Crippen LogP contribution in [0.25, 0.3) is 0 Å². The second-order valence-corrected chi connectivity index (χ2v) is 11.4. The minimum absolute atomic E-state index is 0.507. The molecule has 4 heteroatoms. The Kier molecular flexibility index (Phi) is 4.80. The maximum Gasteiger partial charge on any atom is 0.198 e. The van der Waals surface area contributed by atoms with Crippen LogP contribution in [-0.2, 0) is 0 Å². The predicted octanol–water partition coefficient (Wildman–Crippen LogP) is 4.71. The van der Waals surface area contributed by atoms with E-state index in [2.05, 4.69) is 43.4 Å². The van der Waals surface area contributed by atoms with Gasteiger partial charge in [-0.25, -0.2) is 0 Å². The second kappa shape index (κ2) is 6.41. The molecule has 110 valence electrons. The van der Waals surface area contributed by atoms with Crippen LogP contribution in [0.1, 0.15) is 5.56 Å². The first-order chi connectivity index (χ1) is 9.88. The third kappa shape index (κ3) is 4.16. The first-order valence-electron chi connectivity index (χ1n) is 6.99. The molecule has 2 rings (SSSR count). The molecule has 0 heterocycles. The van der Waals surface area contributed by atoms with Crippen molar-refractivity contribution in [2.45, 2.75) is 19.6 Å². The Balaban J connectivity index is 2.19. The molecule has 2 aromatic carbocycles. The van der Waals surface area contributed by atoms with Gasteiger partial charge in [0.05, 0.1) is 0 Å². The summed E-state index contributed by atoms with van der Waals surface area (Å²) < 4.78 is 8.11. The van der Waals surface area contributed by atoms with Crippen molar-refractivity contribution in [2.24, 2.45) is 0 Å². The number of hydrogen-bond donors (Lipinski definition) is 0. The van der Waals surface area contributed by atoms with E-state index in [9.17, 15) is 0 Å². The summed E-state index contributed by atoms with van der Waals surface area (Å²) in [6.07, 6.45) is 0. The number of anilines is 1. The molecule has 0 aromatic heterocycles. The minimum Gasteiger partial charge on any atom is -0.445 e. The summed E-state index contributed by atoms with van der Waals surface area (Å²) in [6, 6.07) is 17.9. The highest BCUT2D eigenvalue weighted by molar-refractivity contribution is 7.80. The normalized spacial score (nSPS) is 11.0. The van der Waals surface area contributed by atoms with E-state index in [0.29, 0.717) is 5.05 Å². The van der Waals surface area contributed by atoms with E-state index in [1.807, 2.05) is 42.5 Å². The number of benzene rings is 2. The van der Waals surface area contributed by atoms with Crippen molar-refractivity contribution in [3.05, 3.63) is 60.2 Å². The molecule has 0 saturated carbocycles. The van der Waals surface area contributed by atoms with E-state index in [4.69, 9.17) is 17.0 Å². The highest BCUT2D eigenvalue weighted by Crippen LogP contribution is 2.22. The van der Waals surface area contributed by atoms with Gasteiger partial charge in [-0.05, 0) is 43.5 Å². The average Bonchev–Trinajstić information content (AvgIpc) is 2.46. The molecule has 0 unspecified atom stereocenters. The van der Waals surface area contributed by atoms with Gasteiger partial charge < -0.3 is 9.30 Å². The van der Waals surface area contributed by atoms with Gasteiger partial charge in [-0.3, -0.25) is 0 Å². The van der Waals surface area contributed by atoms with Crippen LogP contribution in [0.4, 0.5) is 5.69 Å². The Morgan fingerprint density at radius 2 is 1.67 bits per heavy atom. The maximum absolute atomic E-state index is 5.75. The molecule has 0 spiro atoms. The van der Waals surface area contributed by atoms with Gasteiger partial charge >= 0.3 is 0 Å². The summed E-state index contributed by atoms with van der Waals surface area (Å²) in [5, 5.41) is 0.507. The summed E-state index contributed by atoms with van der Waals surface area (Å²) in [7, 11) is 0.761. The summed E-state index contributed by atoms with van der Waals surface area (Å²) >= 11 is 5.41. The van der Waals surface area contributed by atoms with Crippen molar-refractivity contribution in [2.75, 3.05) is 11.6 Å². The molecule has 0 aliphatic heterocycles. The van der Waals surface area contributed by atoms with Gasteiger partial charge in [0.25, 0.3) is 0 Å². The van der Waals surface area contributed by atoms with E-state index >= 15 is 0 Å². The number of para-hydroxylation sites is 1. The fourth-order valence-electron chi connectivity index (χ4n) is 1.88. The van der Waals surface area contributed by atoms with E-state index in [0.717, 1.165) is 11.3 Å². The van der Waals surface area contributed by atoms with Crippen LogP contribution in [0.15, 0.2) is 54.6 Å². The third-order valence-electron chi connectivity index (χ3n) is 3.43. The summed E-state index contributed by atoms with van der Waals surface area (Å²) in [4.78, 5) is 0. The van der Waals surface area contributed by atoms with E-state index in [1.165, 1.54) is 5.69 Å². The highest BCUT2D eigenvalue weighted by Gasteiger charge is 2.20. The van der Waals surface area contributed by atoms with Crippen molar-refractivity contribution < 1.29 is 4.74 Å². The fourth-order valence-corrected chi connectivity index (χ4v) is 3.02. The maximum atomic E-state index is 5.75. The number of hydrogen-bond acceptors (Lipinski definition) is 3. The minimum atomic E-state index is -1.38. The third-order valence-corrected chi connectivity index (χ3v) is 6.02. The zero-order chi connectivity index (χ0) is 15.5. The van der Waals surface area contributed by atoms with Gasteiger partial charge in [0.15, 0.2) is 5.05 Å². The van der Waals surface area contributed by atoms with Crippen LogP contribution in [0.5, 0.6) is 5.75 Å². The van der Waals surface area contributed by atoms with Crippen LogP contribution >= 0.6 is 12.2 Å². The molecule has 2 nitrogen and oxygen atoms in total. The molecule has 21 heavy (non-hydrogen) atoms. The lowest BCUT2D eigenvalue weighted by Gasteiger charge is -2.32. The van der Waals surface area contributed by atoms with Gasteiger partial charge in [0, 0.05) is 11.3 Å². The van der Waals surface area contributed by atoms with Gasteiger partial charge in [-0.2, -0.15) is 0 Å². The zero-order valence-electron chi connectivity index (χ0n) is 13.0. The topological polar surface area (TPSA) is 12.5 Å². The Morgan fingerprint density at radius 3 is 2.29 bits per heavy atom. The Labute approximate surface area is 133 Å². The van der Waals surface area contributed by atoms with E-state index in [1.54, 1.807) is 0 Å². The smallest absolute Gasteiger partial charge is 0.198 e. The quantitative estimate of drug-likeness (QED) is 0.599. The molecule has 0 N–H and O–H groups in total. The SMILES string of the molecule is CN(c1cccc(C(=S)Oc2ccccc2)c1)[Si](C)(C)C. The van der Waals surface area contributed by atoms with Crippen LogP contribution in [0.2, 0.25) is 19.6 Å². The molecule has 0 aliphatic rings. The Morgan fingerprint density at radius 1 is 1.00 bits per heavy atom. The molecule has 0 bridgehead atoms. The molecule has 0 radical (unpaired) electrons. The number of nitrogens with zero attached hydrogens (tertiary/aromatic N) is 1. The molecular formula is C17H21NOSSi. The molecule has 0 fully saturated rings. The molecule has 0 saturated heterocycles. The van der Waals surface area contributed by atoms with Crippen molar-refractivity contribution >= 4 is 31.2 Å². The fraction of sp³-hybridized carbons (Fsp3) is 0.235. The lowest BCUT2D eigenvalue weighted by molar-refractivity contribution is 0.566. The second-order valence-electron chi connectivity index (χ2n) is 5.98. The van der Waals surface area contributed by atoms with Crippen LogP contribution in [-0.4, -0.2) is 20.3 Å². The summed E-state index contributed by atoms with van der Waals surface area (Å²) in [5.41, 5.74) is 2.13. The Hall–Kier alpha value is -1.65. The highest BCUT2D eigenvalue weighted by atomic mass is 32.1. The van der Waals surface area contributed by atoms with Crippen LogP contribution in [0, 0.1) is 0 Å². The summed E-state index contributed by atoms with van der Waals surface area (Å²) in [6.45, 7) is 6.95. The van der Waals surface area contributed by atoms with Crippen molar-refractivity contribution in [1.82, 2.24) is 0 Å². The first-order valence-corrected chi connectivity index (χ1v) is 10.8. The first kappa shape index (κ1) is 15.7.